The molecule has 3 atom stereocenters. The molecule has 210 valence electrons. The molecular weight excluding hydrogens is 462 g/mol. The van der Waals surface area contributed by atoms with E-state index in [4.69, 9.17) is 4.74 Å². The number of hydrogen-bond acceptors (Lipinski definition) is 1. The predicted octanol–water partition coefficient (Wildman–Crippen LogP) is 10.5. The summed E-state index contributed by atoms with van der Waals surface area (Å²) in [7, 11) is 0. The Morgan fingerprint density at radius 3 is 1.86 bits per heavy atom. The van der Waals surface area contributed by atoms with Crippen molar-refractivity contribution in [3.05, 3.63) is 35.4 Å². The number of unbranched alkanes of at least 4 members (excludes halogenated alkanes) is 5. The van der Waals surface area contributed by atoms with Crippen molar-refractivity contribution in [2.75, 3.05) is 0 Å². The van der Waals surface area contributed by atoms with Crippen molar-refractivity contribution in [3.8, 4) is 0 Å². The zero-order chi connectivity index (χ0) is 25.4. The predicted molar refractivity (Wildman–Crippen MR) is 152 cm³/mol. The third kappa shape index (κ3) is 5.17. The summed E-state index contributed by atoms with van der Waals surface area (Å²) in [5.41, 5.74) is 1.73. The van der Waals surface area contributed by atoms with E-state index < -0.39 is 23.5 Å². The zero-order valence-electron chi connectivity index (χ0n) is 23.2. The average molecular weight is 517 g/mol. The summed E-state index contributed by atoms with van der Waals surface area (Å²) < 4.78 is 37.0. The van der Waals surface area contributed by atoms with Gasteiger partial charge in [0.1, 0.15) is 17.9 Å². The van der Waals surface area contributed by atoms with Crippen molar-refractivity contribution in [2.45, 2.75) is 172 Å². The van der Waals surface area contributed by atoms with Crippen molar-refractivity contribution in [2.24, 2.45) is 5.41 Å². The molecule has 5 fully saturated rings. The highest BCUT2D eigenvalue weighted by molar-refractivity contribution is 5.35. The van der Waals surface area contributed by atoms with Gasteiger partial charge in [-0.1, -0.05) is 90.5 Å². The maximum absolute atomic E-state index is 15.6. The van der Waals surface area contributed by atoms with Crippen molar-refractivity contribution >= 4 is 0 Å². The van der Waals surface area contributed by atoms with Gasteiger partial charge in [0.05, 0.1) is 0 Å². The molecule has 3 heteroatoms. The molecule has 1 aliphatic heterocycles. The highest BCUT2D eigenvalue weighted by Gasteiger charge is 2.76. The molecule has 0 amide bonds. The first-order chi connectivity index (χ1) is 17.3. The number of ether oxygens (including phenoxy) is 1. The third-order valence-electron chi connectivity index (χ3n) is 11.3. The minimum absolute atomic E-state index is 0. The Bertz CT molecular complexity index is 842. The Morgan fingerprint density at radius 1 is 0.757 bits per heavy atom. The number of rotatable bonds is 11. The molecule has 0 radical (unpaired) electrons. The van der Waals surface area contributed by atoms with E-state index in [1.165, 1.54) is 82.6 Å². The molecule has 1 nitrogen and oxygen atoms in total. The highest BCUT2D eigenvalue weighted by atomic mass is 19.1. The summed E-state index contributed by atoms with van der Waals surface area (Å²) in [5, 5.41) is 0. The van der Waals surface area contributed by atoms with Crippen LogP contribution in [0.3, 0.4) is 0 Å². The highest BCUT2D eigenvalue weighted by Crippen LogP contribution is 2.63. The molecule has 2 bridgehead atoms. The van der Waals surface area contributed by atoms with Gasteiger partial charge in [-0.25, -0.2) is 8.78 Å². The standard InChI is InChI=1S/C33H50F2O.CH4/c1-4-6-8-10-15-30(3)33(36-30)28(34)23-26(24-29(33)35)25-11-13-27(14-12-25)32-20-17-31(18-21-32,19-22-32)16-9-7-5-2;/h11-14,26,28-29H,4-10,15-24H2,1-3H3;1H4. The van der Waals surface area contributed by atoms with Gasteiger partial charge in [-0.05, 0) is 99.0 Å². The van der Waals surface area contributed by atoms with Gasteiger partial charge in [-0.2, -0.15) is 0 Å². The second kappa shape index (κ2) is 11.3. The minimum atomic E-state index is -1.22. The molecule has 0 N–H and O–H groups in total. The topological polar surface area (TPSA) is 12.5 Å². The van der Waals surface area contributed by atoms with E-state index in [1.54, 1.807) is 0 Å². The zero-order valence-corrected chi connectivity index (χ0v) is 23.2. The first-order valence-corrected chi connectivity index (χ1v) is 15.4. The van der Waals surface area contributed by atoms with E-state index in [1.807, 2.05) is 6.92 Å². The van der Waals surface area contributed by atoms with E-state index in [2.05, 4.69) is 38.1 Å². The molecule has 1 aromatic rings. The van der Waals surface area contributed by atoms with Crippen LogP contribution < -0.4 is 0 Å². The van der Waals surface area contributed by atoms with Crippen LogP contribution in [0.25, 0.3) is 0 Å². The maximum atomic E-state index is 15.6. The fourth-order valence-electron chi connectivity index (χ4n) is 8.62. The fraction of sp³-hybridized carbons (Fsp3) is 0.824. The first kappa shape index (κ1) is 29.0. The molecular formula is C34H54F2O. The molecule has 1 heterocycles. The summed E-state index contributed by atoms with van der Waals surface area (Å²) in [5.74, 6) is -0.0513. The fourth-order valence-corrected chi connectivity index (χ4v) is 8.62. The summed E-state index contributed by atoms with van der Waals surface area (Å²) in [4.78, 5) is 0. The second-order valence-corrected chi connectivity index (χ2v) is 13.4. The lowest BCUT2D eigenvalue weighted by Crippen LogP contribution is -2.47. The number of halogens is 2. The molecule has 4 saturated carbocycles. The number of fused-ring (bicyclic) bond motifs is 3. The Labute approximate surface area is 226 Å². The third-order valence-corrected chi connectivity index (χ3v) is 11.3. The van der Waals surface area contributed by atoms with Crippen LogP contribution in [0.2, 0.25) is 0 Å². The normalized spacial score (nSPS) is 40.5. The van der Waals surface area contributed by atoms with E-state index >= 15 is 8.78 Å². The van der Waals surface area contributed by atoms with Crippen molar-refractivity contribution < 1.29 is 13.5 Å². The van der Waals surface area contributed by atoms with E-state index in [-0.39, 0.29) is 13.3 Å². The lowest BCUT2D eigenvalue weighted by Gasteiger charge is -2.54. The molecule has 0 aromatic heterocycles. The van der Waals surface area contributed by atoms with Crippen LogP contribution in [-0.4, -0.2) is 23.5 Å². The molecule has 6 rings (SSSR count). The van der Waals surface area contributed by atoms with Gasteiger partial charge in [0.2, 0.25) is 0 Å². The van der Waals surface area contributed by atoms with Gasteiger partial charge in [-0.3, -0.25) is 0 Å². The van der Waals surface area contributed by atoms with Crippen molar-refractivity contribution in [1.29, 1.82) is 0 Å². The molecule has 37 heavy (non-hydrogen) atoms. The average Bonchev–Trinajstić information content (AvgIpc) is 3.53. The summed E-state index contributed by atoms with van der Waals surface area (Å²) in [6.07, 6.45) is 17.2. The van der Waals surface area contributed by atoms with Gasteiger partial charge in [0, 0.05) is 0 Å². The van der Waals surface area contributed by atoms with Gasteiger partial charge in [0.15, 0.2) is 5.60 Å². The molecule has 1 saturated heterocycles. The summed E-state index contributed by atoms with van der Waals surface area (Å²) >= 11 is 0. The number of hydrogen-bond donors (Lipinski definition) is 0. The molecule has 1 aromatic carbocycles. The number of benzene rings is 1. The Morgan fingerprint density at radius 2 is 1.30 bits per heavy atom. The molecule has 4 aliphatic carbocycles. The quantitative estimate of drug-likeness (QED) is 0.210. The van der Waals surface area contributed by atoms with Gasteiger partial charge in [0.25, 0.3) is 0 Å². The Kier molecular flexibility index (Phi) is 8.84. The second-order valence-electron chi connectivity index (χ2n) is 13.4. The SMILES string of the molecule is C.CCCCCCC1(C)OC12C(F)CC(c1ccc(C34CCC(CCCCC)(CC3)CC4)cc1)CC2F. The maximum Gasteiger partial charge on any atom is 0.159 e. The Hall–Kier alpha value is -0.960. The molecule has 1 spiro atoms. The van der Waals surface area contributed by atoms with Crippen LogP contribution in [-0.2, 0) is 10.2 Å². The first-order valence-electron chi connectivity index (χ1n) is 15.4. The lowest BCUT2D eigenvalue weighted by atomic mass is 9.51. The van der Waals surface area contributed by atoms with E-state index in [9.17, 15) is 0 Å². The van der Waals surface area contributed by atoms with Crippen molar-refractivity contribution in [1.82, 2.24) is 0 Å². The minimum Gasteiger partial charge on any atom is -0.356 e. The van der Waals surface area contributed by atoms with Crippen LogP contribution in [0.15, 0.2) is 24.3 Å². The van der Waals surface area contributed by atoms with E-state index in [0.717, 1.165) is 24.8 Å². The van der Waals surface area contributed by atoms with E-state index in [0.29, 0.717) is 23.7 Å². The van der Waals surface area contributed by atoms with Gasteiger partial charge >= 0.3 is 0 Å². The Balaban J connectivity index is 0.00000320. The smallest absolute Gasteiger partial charge is 0.159 e. The van der Waals surface area contributed by atoms with Gasteiger partial charge in [-0.15, -0.1) is 0 Å². The van der Waals surface area contributed by atoms with Crippen molar-refractivity contribution in [3.63, 3.8) is 0 Å². The summed E-state index contributed by atoms with van der Waals surface area (Å²) in [6.45, 7) is 6.43. The molecule has 5 aliphatic rings. The van der Waals surface area contributed by atoms with Crippen LogP contribution >= 0.6 is 0 Å². The van der Waals surface area contributed by atoms with Crippen LogP contribution in [0.5, 0.6) is 0 Å². The van der Waals surface area contributed by atoms with Crippen LogP contribution in [0.4, 0.5) is 8.78 Å². The van der Waals surface area contributed by atoms with Crippen LogP contribution in [0.1, 0.15) is 154 Å². The molecule has 3 unspecified atom stereocenters. The van der Waals surface area contributed by atoms with Crippen LogP contribution in [0, 0.1) is 5.41 Å². The van der Waals surface area contributed by atoms with Gasteiger partial charge < -0.3 is 4.74 Å². The monoisotopic (exact) mass is 516 g/mol. The summed E-state index contributed by atoms with van der Waals surface area (Å²) in [6, 6.07) is 9.01. The number of alkyl halides is 2. The largest absolute Gasteiger partial charge is 0.356 e. The lowest BCUT2D eigenvalue weighted by molar-refractivity contribution is 0.0292. The number of epoxide rings is 1.